The van der Waals surface area contributed by atoms with Gasteiger partial charge in [-0.3, -0.25) is 4.90 Å². The van der Waals surface area contributed by atoms with Crippen LogP contribution in [0.1, 0.15) is 30.0 Å². The van der Waals surface area contributed by atoms with Crippen molar-refractivity contribution in [2.75, 3.05) is 46.5 Å². The summed E-state index contributed by atoms with van der Waals surface area (Å²) >= 11 is 0. The normalized spacial score (nSPS) is 20.6. The summed E-state index contributed by atoms with van der Waals surface area (Å²) in [5.41, 5.74) is 2.67. The second-order valence-corrected chi connectivity index (χ2v) is 6.41. The van der Waals surface area contributed by atoms with Gasteiger partial charge in [0.15, 0.2) is 0 Å². The van der Waals surface area contributed by atoms with Gasteiger partial charge in [-0.2, -0.15) is 0 Å². The van der Waals surface area contributed by atoms with E-state index in [9.17, 15) is 0 Å². The lowest BCUT2D eigenvalue weighted by atomic mass is 9.85. The molecule has 4 nitrogen and oxygen atoms in total. The predicted molar refractivity (Wildman–Crippen MR) is 103 cm³/mol. The zero-order valence-electron chi connectivity index (χ0n) is 14.6. The first-order valence-electron chi connectivity index (χ1n) is 8.46. The minimum absolute atomic E-state index is 0. The molecule has 2 heterocycles. The highest BCUT2D eigenvalue weighted by Gasteiger charge is 2.31. The summed E-state index contributed by atoms with van der Waals surface area (Å²) in [6.45, 7) is 8.40. The number of ether oxygens (including phenoxy) is 2. The molecule has 6 heteroatoms. The highest BCUT2D eigenvalue weighted by Crippen LogP contribution is 2.36. The number of halogens is 2. The van der Waals surface area contributed by atoms with Crippen molar-refractivity contribution in [3.8, 4) is 5.75 Å². The quantitative estimate of drug-likeness (QED) is 0.874. The van der Waals surface area contributed by atoms with Crippen LogP contribution >= 0.6 is 24.8 Å². The zero-order valence-corrected chi connectivity index (χ0v) is 16.3. The number of aryl methyl sites for hydroxylation is 1. The molecule has 1 N–H and O–H groups in total. The van der Waals surface area contributed by atoms with E-state index >= 15 is 0 Å². The van der Waals surface area contributed by atoms with Crippen molar-refractivity contribution < 1.29 is 9.47 Å². The fourth-order valence-electron chi connectivity index (χ4n) is 3.86. The zero-order chi connectivity index (χ0) is 15.4. The first-order valence-corrected chi connectivity index (χ1v) is 8.46. The molecular weight excluding hydrogens is 347 g/mol. The summed E-state index contributed by atoms with van der Waals surface area (Å²) in [6.07, 6.45) is 2.33. The molecular formula is C18H30Cl2N2O2. The van der Waals surface area contributed by atoms with Crippen LogP contribution < -0.4 is 10.1 Å². The average Bonchev–Trinajstić information content (AvgIpc) is 2.57. The average molecular weight is 377 g/mol. The second kappa shape index (κ2) is 10.5. The lowest BCUT2D eigenvalue weighted by Crippen LogP contribution is -2.47. The molecule has 0 amide bonds. The molecule has 2 saturated heterocycles. The standard InChI is InChI=1S/C18H28N2O2.2ClH/c1-14-13-16(3-4-17(14)21-2)18(15-5-11-22-12-6-15)20-9-7-19-8-10-20;;/h3-4,13,15,18-19H,5-12H2,1-2H3;2*1H/t18-;;/m1../s1. The Morgan fingerprint density at radius 3 is 2.42 bits per heavy atom. The Hall–Kier alpha value is -0.520. The van der Waals surface area contributed by atoms with Crippen LogP contribution in [-0.4, -0.2) is 51.4 Å². The minimum atomic E-state index is 0. The third kappa shape index (κ3) is 4.99. The van der Waals surface area contributed by atoms with Gasteiger partial charge in [0.1, 0.15) is 5.75 Å². The molecule has 138 valence electrons. The summed E-state index contributed by atoms with van der Waals surface area (Å²) in [7, 11) is 1.74. The van der Waals surface area contributed by atoms with Gasteiger partial charge in [-0.15, -0.1) is 24.8 Å². The second-order valence-electron chi connectivity index (χ2n) is 6.41. The van der Waals surface area contributed by atoms with E-state index in [1.807, 2.05) is 0 Å². The number of piperazine rings is 1. The van der Waals surface area contributed by atoms with E-state index in [0.717, 1.165) is 45.1 Å². The van der Waals surface area contributed by atoms with Gasteiger partial charge in [-0.1, -0.05) is 12.1 Å². The molecule has 0 unspecified atom stereocenters. The van der Waals surface area contributed by atoms with Crippen molar-refractivity contribution in [3.05, 3.63) is 29.3 Å². The molecule has 1 aromatic rings. The van der Waals surface area contributed by atoms with E-state index in [-0.39, 0.29) is 24.8 Å². The van der Waals surface area contributed by atoms with E-state index in [4.69, 9.17) is 9.47 Å². The summed E-state index contributed by atoms with van der Waals surface area (Å²) in [5, 5.41) is 3.47. The molecule has 0 aliphatic carbocycles. The Kier molecular flexibility index (Phi) is 9.39. The maximum absolute atomic E-state index is 5.58. The van der Waals surface area contributed by atoms with Gasteiger partial charge in [0.2, 0.25) is 0 Å². The van der Waals surface area contributed by atoms with Crippen LogP contribution in [0.15, 0.2) is 18.2 Å². The molecule has 0 aromatic heterocycles. The van der Waals surface area contributed by atoms with Crippen molar-refractivity contribution in [2.45, 2.75) is 25.8 Å². The van der Waals surface area contributed by atoms with E-state index in [0.29, 0.717) is 12.0 Å². The number of methoxy groups -OCH3 is 1. The summed E-state index contributed by atoms with van der Waals surface area (Å²) in [5.74, 6) is 1.68. The third-order valence-corrected chi connectivity index (χ3v) is 5.02. The fourth-order valence-corrected chi connectivity index (χ4v) is 3.86. The van der Waals surface area contributed by atoms with E-state index in [2.05, 4.69) is 35.3 Å². The lowest BCUT2D eigenvalue weighted by molar-refractivity contribution is 0.0213. The summed E-state index contributed by atoms with van der Waals surface area (Å²) < 4.78 is 11.0. The Balaban J connectivity index is 0.00000144. The SMILES string of the molecule is COc1ccc([C@@H](C2CCOCC2)N2CCNCC2)cc1C.Cl.Cl. The molecule has 24 heavy (non-hydrogen) atoms. The molecule has 0 saturated carbocycles. The van der Waals surface area contributed by atoms with Crippen LogP contribution in [0.2, 0.25) is 0 Å². The predicted octanol–water partition coefficient (Wildman–Crippen LogP) is 3.22. The number of rotatable bonds is 4. The summed E-state index contributed by atoms with van der Waals surface area (Å²) in [4.78, 5) is 2.66. The Bertz CT molecular complexity index is 472. The van der Waals surface area contributed by atoms with Crippen LogP contribution in [0, 0.1) is 12.8 Å². The molecule has 3 rings (SSSR count). The van der Waals surface area contributed by atoms with Crippen LogP contribution in [0.25, 0.3) is 0 Å². The minimum Gasteiger partial charge on any atom is -0.496 e. The highest BCUT2D eigenvalue weighted by atomic mass is 35.5. The van der Waals surface area contributed by atoms with Gasteiger partial charge in [0, 0.05) is 45.4 Å². The van der Waals surface area contributed by atoms with Crippen molar-refractivity contribution >= 4 is 24.8 Å². The smallest absolute Gasteiger partial charge is 0.121 e. The first kappa shape index (κ1) is 21.5. The summed E-state index contributed by atoms with van der Waals surface area (Å²) in [6, 6.07) is 7.21. The van der Waals surface area contributed by atoms with Crippen molar-refractivity contribution in [3.63, 3.8) is 0 Å². The van der Waals surface area contributed by atoms with Crippen molar-refractivity contribution in [1.29, 1.82) is 0 Å². The Morgan fingerprint density at radius 1 is 1.17 bits per heavy atom. The van der Waals surface area contributed by atoms with Gasteiger partial charge in [0.05, 0.1) is 7.11 Å². The molecule has 2 aliphatic rings. The van der Waals surface area contributed by atoms with Gasteiger partial charge < -0.3 is 14.8 Å². The van der Waals surface area contributed by atoms with Gasteiger partial charge in [0.25, 0.3) is 0 Å². The monoisotopic (exact) mass is 376 g/mol. The van der Waals surface area contributed by atoms with Gasteiger partial charge in [-0.05, 0) is 42.9 Å². The molecule has 0 spiro atoms. The van der Waals surface area contributed by atoms with Crippen LogP contribution in [0.4, 0.5) is 0 Å². The van der Waals surface area contributed by atoms with Gasteiger partial charge in [-0.25, -0.2) is 0 Å². The third-order valence-electron chi connectivity index (χ3n) is 5.02. The largest absolute Gasteiger partial charge is 0.496 e. The topological polar surface area (TPSA) is 33.7 Å². The number of nitrogens with zero attached hydrogens (tertiary/aromatic N) is 1. The number of hydrogen-bond donors (Lipinski definition) is 1. The highest BCUT2D eigenvalue weighted by molar-refractivity contribution is 5.85. The molecule has 2 fully saturated rings. The van der Waals surface area contributed by atoms with Crippen molar-refractivity contribution in [2.24, 2.45) is 5.92 Å². The van der Waals surface area contributed by atoms with E-state index in [1.54, 1.807) is 7.11 Å². The number of hydrogen-bond acceptors (Lipinski definition) is 4. The van der Waals surface area contributed by atoms with Crippen LogP contribution in [-0.2, 0) is 4.74 Å². The fraction of sp³-hybridized carbons (Fsp3) is 0.667. The van der Waals surface area contributed by atoms with Crippen molar-refractivity contribution in [1.82, 2.24) is 10.2 Å². The molecule has 1 aromatic carbocycles. The lowest BCUT2D eigenvalue weighted by Gasteiger charge is -2.41. The number of benzene rings is 1. The Labute approximate surface area is 158 Å². The Morgan fingerprint density at radius 2 is 1.83 bits per heavy atom. The molecule has 2 aliphatic heterocycles. The molecule has 0 radical (unpaired) electrons. The van der Waals surface area contributed by atoms with E-state index < -0.39 is 0 Å². The molecule has 1 atom stereocenters. The number of nitrogens with one attached hydrogen (secondary N) is 1. The first-order chi connectivity index (χ1) is 10.8. The van der Waals surface area contributed by atoms with Crippen LogP contribution in [0.3, 0.4) is 0 Å². The maximum Gasteiger partial charge on any atom is 0.121 e. The maximum atomic E-state index is 5.58. The van der Waals surface area contributed by atoms with Crippen LogP contribution in [0.5, 0.6) is 5.75 Å². The molecule has 0 bridgehead atoms. The van der Waals surface area contributed by atoms with E-state index in [1.165, 1.54) is 24.0 Å². The van der Waals surface area contributed by atoms with Gasteiger partial charge >= 0.3 is 0 Å².